The van der Waals surface area contributed by atoms with E-state index in [-0.39, 0.29) is 5.82 Å². The van der Waals surface area contributed by atoms with Gasteiger partial charge in [0.15, 0.2) is 0 Å². The highest BCUT2D eigenvalue weighted by Gasteiger charge is 2.09. The molecule has 0 atom stereocenters. The first-order chi connectivity index (χ1) is 14.0. The van der Waals surface area contributed by atoms with Crippen molar-refractivity contribution in [1.29, 1.82) is 0 Å². The highest BCUT2D eigenvalue weighted by Crippen LogP contribution is 2.25. The molecule has 0 bridgehead atoms. The Bertz CT molecular complexity index is 1160. The zero-order chi connectivity index (χ0) is 20.4. The third kappa shape index (κ3) is 4.31. The summed E-state index contributed by atoms with van der Waals surface area (Å²) in [5.41, 5.74) is 9.05. The first kappa shape index (κ1) is 19.5. The number of aromatic nitrogens is 2. The van der Waals surface area contributed by atoms with Crippen molar-refractivity contribution < 1.29 is 4.39 Å². The maximum atomic E-state index is 13.1. The molecule has 146 valence electrons. The Morgan fingerprint density at radius 1 is 1.10 bits per heavy atom. The minimum absolute atomic E-state index is 0.257. The van der Waals surface area contributed by atoms with E-state index in [0.717, 1.165) is 38.4 Å². The minimum atomic E-state index is -0.257. The average molecular weight is 469 g/mol. The van der Waals surface area contributed by atoms with Crippen molar-refractivity contribution >= 4 is 38.6 Å². The normalized spacial score (nSPS) is 11.3. The molecule has 2 aromatic carbocycles. The number of hydrogen-bond acceptors (Lipinski definition) is 4. The summed E-state index contributed by atoms with van der Waals surface area (Å²) in [5.74, 6) is -0.257. The van der Waals surface area contributed by atoms with Gasteiger partial charge in [-0.05, 0) is 68.4 Å². The number of benzene rings is 2. The number of aryl methyl sites for hydroxylation is 1. The summed E-state index contributed by atoms with van der Waals surface area (Å²) in [4.78, 5) is 4.50. The largest absolute Gasteiger partial charge is 0.318 e. The fourth-order valence-electron chi connectivity index (χ4n) is 3.14. The van der Waals surface area contributed by atoms with Crippen LogP contribution < -0.4 is 5.43 Å². The first-order valence-electron chi connectivity index (χ1n) is 8.97. The number of thiazole rings is 1. The fourth-order valence-corrected chi connectivity index (χ4v) is 4.07. The van der Waals surface area contributed by atoms with E-state index in [2.05, 4.69) is 68.1 Å². The summed E-state index contributed by atoms with van der Waals surface area (Å²) >= 11 is 4.93. The van der Waals surface area contributed by atoms with Crippen molar-refractivity contribution in [2.45, 2.75) is 13.8 Å². The zero-order valence-corrected chi connectivity index (χ0v) is 18.3. The lowest BCUT2D eigenvalue weighted by molar-refractivity contribution is 0.628. The lowest BCUT2D eigenvalue weighted by Crippen LogP contribution is -1.99. The van der Waals surface area contributed by atoms with Crippen LogP contribution in [0.3, 0.4) is 0 Å². The van der Waals surface area contributed by atoms with Gasteiger partial charge in [0.05, 0.1) is 11.9 Å². The highest BCUT2D eigenvalue weighted by atomic mass is 79.9. The smallest absolute Gasteiger partial charge is 0.203 e. The quantitative estimate of drug-likeness (QED) is 0.266. The van der Waals surface area contributed by atoms with Gasteiger partial charge in [-0.2, -0.15) is 5.10 Å². The Kier molecular flexibility index (Phi) is 5.60. The van der Waals surface area contributed by atoms with Crippen LogP contribution in [0.5, 0.6) is 0 Å². The monoisotopic (exact) mass is 468 g/mol. The third-order valence-corrected chi connectivity index (χ3v) is 5.84. The Hall–Kier alpha value is -2.77. The summed E-state index contributed by atoms with van der Waals surface area (Å²) in [6.07, 6.45) is 1.80. The molecular formula is C22H18BrFN4S. The topological polar surface area (TPSA) is 42.2 Å². The van der Waals surface area contributed by atoms with Gasteiger partial charge in [-0.1, -0.05) is 15.9 Å². The first-order valence-corrected chi connectivity index (χ1v) is 10.6. The molecule has 0 unspecified atom stereocenters. The Morgan fingerprint density at radius 3 is 2.55 bits per heavy atom. The van der Waals surface area contributed by atoms with Crippen LogP contribution in [0.4, 0.5) is 9.52 Å². The number of nitrogens with zero attached hydrogens (tertiary/aromatic N) is 3. The predicted octanol–water partition coefficient (Wildman–Crippen LogP) is 6.57. The minimum Gasteiger partial charge on any atom is -0.318 e. The van der Waals surface area contributed by atoms with Crippen molar-refractivity contribution in [3.8, 4) is 16.9 Å². The van der Waals surface area contributed by atoms with E-state index in [4.69, 9.17) is 0 Å². The Balaban J connectivity index is 1.50. The van der Waals surface area contributed by atoms with Crippen molar-refractivity contribution in [2.75, 3.05) is 5.43 Å². The summed E-state index contributed by atoms with van der Waals surface area (Å²) in [5, 5.41) is 6.95. The molecule has 0 radical (unpaired) electrons. The lowest BCUT2D eigenvalue weighted by atomic mass is 10.2. The standard InChI is InChI=1S/C22H18BrFN4S/c1-14-11-17(15(2)28(14)20-9-5-18(23)6-10-20)12-25-27-22-26-21(13-29-22)16-3-7-19(24)8-4-16/h3-13H,1-2H3,(H,26,27)/b25-12+. The molecule has 0 aliphatic heterocycles. The van der Waals surface area contributed by atoms with Crippen LogP contribution in [0.15, 0.2) is 69.6 Å². The SMILES string of the molecule is Cc1cc(/C=N/Nc2nc(-c3ccc(F)cc3)cs2)c(C)n1-c1ccc(Br)cc1. The molecule has 0 amide bonds. The summed E-state index contributed by atoms with van der Waals surface area (Å²) < 4.78 is 16.3. The predicted molar refractivity (Wildman–Crippen MR) is 122 cm³/mol. The molecule has 0 aliphatic rings. The molecule has 0 spiro atoms. The van der Waals surface area contributed by atoms with Gasteiger partial charge in [-0.3, -0.25) is 5.43 Å². The van der Waals surface area contributed by atoms with Crippen LogP contribution in [0.1, 0.15) is 17.0 Å². The van der Waals surface area contributed by atoms with E-state index >= 15 is 0 Å². The summed E-state index contributed by atoms with van der Waals surface area (Å²) in [7, 11) is 0. The molecule has 4 nitrogen and oxygen atoms in total. The molecule has 1 N–H and O–H groups in total. The molecule has 0 saturated carbocycles. The number of halogens is 2. The van der Waals surface area contributed by atoms with Crippen LogP contribution >= 0.6 is 27.3 Å². The van der Waals surface area contributed by atoms with Crippen LogP contribution in [0.25, 0.3) is 16.9 Å². The fraction of sp³-hybridized carbons (Fsp3) is 0.0909. The van der Waals surface area contributed by atoms with Crippen LogP contribution in [-0.4, -0.2) is 15.8 Å². The van der Waals surface area contributed by atoms with E-state index in [9.17, 15) is 4.39 Å². The second-order valence-electron chi connectivity index (χ2n) is 6.55. The van der Waals surface area contributed by atoms with Gasteiger partial charge in [0.1, 0.15) is 5.82 Å². The second kappa shape index (κ2) is 8.31. The van der Waals surface area contributed by atoms with E-state index in [1.54, 1.807) is 18.3 Å². The molecule has 0 aliphatic carbocycles. The van der Waals surface area contributed by atoms with E-state index in [0.29, 0.717) is 5.13 Å². The average Bonchev–Trinajstić information content (AvgIpc) is 3.28. The van der Waals surface area contributed by atoms with Crippen molar-refractivity contribution in [3.63, 3.8) is 0 Å². The number of nitrogens with one attached hydrogen (secondary N) is 1. The van der Waals surface area contributed by atoms with Crippen LogP contribution in [0.2, 0.25) is 0 Å². The van der Waals surface area contributed by atoms with Gasteiger partial charge in [0.2, 0.25) is 5.13 Å². The molecule has 4 rings (SSSR count). The van der Waals surface area contributed by atoms with Gasteiger partial charge < -0.3 is 4.57 Å². The Labute approximate surface area is 180 Å². The van der Waals surface area contributed by atoms with E-state index in [1.165, 1.54) is 23.5 Å². The van der Waals surface area contributed by atoms with E-state index < -0.39 is 0 Å². The molecule has 0 fully saturated rings. The maximum absolute atomic E-state index is 13.1. The van der Waals surface area contributed by atoms with Crippen LogP contribution in [-0.2, 0) is 0 Å². The molecular weight excluding hydrogens is 451 g/mol. The number of hydrogen-bond donors (Lipinski definition) is 1. The van der Waals surface area contributed by atoms with Gasteiger partial charge in [-0.15, -0.1) is 11.3 Å². The molecule has 4 aromatic rings. The molecule has 2 aromatic heterocycles. The number of anilines is 1. The van der Waals surface area contributed by atoms with Crippen molar-refractivity contribution in [2.24, 2.45) is 5.10 Å². The summed E-state index contributed by atoms with van der Waals surface area (Å²) in [6.45, 7) is 4.15. The second-order valence-corrected chi connectivity index (χ2v) is 8.33. The number of hydrazone groups is 1. The van der Waals surface area contributed by atoms with Gasteiger partial charge in [-0.25, -0.2) is 9.37 Å². The number of rotatable bonds is 5. The van der Waals surface area contributed by atoms with Gasteiger partial charge in [0, 0.05) is 38.1 Å². The molecule has 29 heavy (non-hydrogen) atoms. The molecule has 7 heteroatoms. The Morgan fingerprint density at radius 2 is 1.83 bits per heavy atom. The summed E-state index contributed by atoms with van der Waals surface area (Å²) in [6, 6.07) is 16.6. The van der Waals surface area contributed by atoms with Gasteiger partial charge >= 0.3 is 0 Å². The van der Waals surface area contributed by atoms with Crippen molar-refractivity contribution in [3.05, 3.63) is 87.2 Å². The zero-order valence-electron chi connectivity index (χ0n) is 15.9. The van der Waals surface area contributed by atoms with Crippen LogP contribution in [0, 0.1) is 19.7 Å². The van der Waals surface area contributed by atoms with Crippen molar-refractivity contribution in [1.82, 2.24) is 9.55 Å². The molecule has 0 saturated heterocycles. The van der Waals surface area contributed by atoms with Gasteiger partial charge in [0.25, 0.3) is 0 Å². The van der Waals surface area contributed by atoms with E-state index in [1.807, 2.05) is 17.5 Å². The third-order valence-electron chi connectivity index (χ3n) is 4.56. The highest BCUT2D eigenvalue weighted by molar-refractivity contribution is 9.10. The lowest BCUT2D eigenvalue weighted by Gasteiger charge is -2.09. The maximum Gasteiger partial charge on any atom is 0.203 e. The molecule has 2 heterocycles.